The first-order valence-corrected chi connectivity index (χ1v) is 9.56. The maximum atomic E-state index is 12.4. The molecule has 9 heteroatoms. The quantitative estimate of drug-likeness (QED) is 0.619. The molecule has 0 atom stereocenters. The zero-order chi connectivity index (χ0) is 18.8. The van der Waals surface area contributed by atoms with E-state index in [4.69, 9.17) is 10.3 Å². The molecule has 0 saturated heterocycles. The van der Waals surface area contributed by atoms with Crippen molar-refractivity contribution in [3.05, 3.63) is 47.7 Å². The highest BCUT2D eigenvalue weighted by molar-refractivity contribution is 8.00. The number of benzene rings is 1. The summed E-state index contributed by atoms with van der Waals surface area (Å²) < 4.78 is 4.89. The first-order valence-electron chi connectivity index (χ1n) is 8.41. The largest absolute Gasteiger partial charge is 0.360 e. The fraction of sp³-hybridized carbons (Fsp3) is 0.389. The first kappa shape index (κ1) is 23.0. The Morgan fingerprint density at radius 1 is 1.22 bits per heavy atom. The number of hydrogen-bond acceptors (Lipinski definition) is 6. The van der Waals surface area contributed by atoms with E-state index >= 15 is 0 Å². The molecule has 0 fully saturated rings. The molecule has 3 N–H and O–H groups in total. The highest BCUT2D eigenvalue weighted by atomic mass is 35.5. The summed E-state index contributed by atoms with van der Waals surface area (Å²) in [5.74, 6) is 1.19. The molecule has 0 saturated carbocycles. The molecule has 1 aromatic carbocycles. The van der Waals surface area contributed by atoms with Crippen molar-refractivity contribution in [2.75, 3.05) is 36.5 Å². The molecule has 0 unspecified atom stereocenters. The minimum atomic E-state index is -0.217. The second-order valence-corrected chi connectivity index (χ2v) is 6.75. The van der Waals surface area contributed by atoms with Gasteiger partial charge < -0.3 is 20.5 Å². The van der Waals surface area contributed by atoms with Gasteiger partial charge in [-0.15, -0.1) is 24.2 Å². The van der Waals surface area contributed by atoms with Crippen molar-refractivity contribution in [1.29, 1.82) is 0 Å². The molecule has 148 valence electrons. The Hall–Kier alpha value is -2.03. The lowest BCUT2D eigenvalue weighted by molar-refractivity contribution is -0.128. The van der Waals surface area contributed by atoms with Crippen LogP contribution in [0, 0.1) is 6.92 Å². The summed E-state index contributed by atoms with van der Waals surface area (Å²) >= 11 is 1.27. The number of anilines is 1. The molecule has 1 heterocycles. The average Bonchev–Trinajstić information content (AvgIpc) is 3.04. The van der Waals surface area contributed by atoms with Crippen molar-refractivity contribution < 1.29 is 14.1 Å². The summed E-state index contributed by atoms with van der Waals surface area (Å²) in [6, 6.07) is 11.6. The van der Waals surface area contributed by atoms with E-state index in [0.29, 0.717) is 31.2 Å². The summed E-state index contributed by atoms with van der Waals surface area (Å²) in [7, 11) is 0. The molecule has 7 nitrogen and oxygen atoms in total. The van der Waals surface area contributed by atoms with Crippen LogP contribution in [0.2, 0.25) is 0 Å². The maximum absolute atomic E-state index is 12.4. The van der Waals surface area contributed by atoms with E-state index in [1.54, 1.807) is 17.9 Å². The summed E-state index contributed by atoms with van der Waals surface area (Å²) in [5.41, 5.74) is 6.80. The normalized spacial score (nSPS) is 10.1. The van der Waals surface area contributed by atoms with Crippen LogP contribution in [-0.4, -0.2) is 53.0 Å². The SMILES string of the molecule is Cc1cc(NC(=O)CSCC(=O)N(CCN)CCc2ccccc2)no1.Cl. The van der Waals surface area contributed by atoms with Gasteiger partial charge in [-0.05, 0) is 18.9 Å². The van der Waals surface area contributed by atoms with Crippen LogP contribution in [0.15, 0.2) is 40.9 Å². The topological polar surface area (TPSA) is 101 Å². The lowest BCUT2D eigenvalue weighted by Crippen LogP contribution is -2.38. The number of nitrogens with one attached hydrogen (secondary N) is 1. The van der Waals surface area contributed by atoms with Crippen LogP contribution < -0.4 is 11.1 Å². The van der Waals surface area contributed by atoms with E-state index in [0.717, 1.165) is 6.42 Å². The van der Waals surface area contributed by atoms with Gasteiger partial charge in [0.1, 0.15) is 5.76 Å². The van der Waals surface area contributed by atoms with E-state index in [9.17, 15) is 9.59 Å². The Kier molecular flexibility index (Phi) is 10.5. The minimum Gasteiger partial charge on any atom is -0.360 e. The van der Waals surface area contributed by atoms with E-state index < -0.39 is 0 Å². The number of hydrogen-bond donors (Lipinski definition) is 2. The zero-order valence-electron chi connectivity index (χ0n) is 15.2. The van der Waals surface area contributed by atoms with Gasteiger partial charge in [0.25, 0.3) is 0 Å². The summed E-state index contributed by atoms with van der Waals surface area (Å²) in [6.07, 6.45) is 0.781. The number of aryl methyl sites for hydroxylation is 1. The summed E-state index contributed by atoms with van der Waals surface area (Å²) in [5, 5.41) is 6.33. The molecule has 2 amide bonds. The van der Waals surface area contributed by atoms with Crippen molar-refractivity contribution in [1.82, 2.24) is 10.1 Å². The number of nitrogens with two attached hydrogens (primary N) is 1. The second kappa shape index (κ2) is 12.4. The number of thioether (sulfide) groups is 1. The maximum Gasteiger partial charge on any atom is 0.235 e. The van der Waals surface area contributed by atoms with Crippen LogP contribution in [0.5, 0.6) is 0 Å². The highest BCUT2D eigenvalue weighted by Crippen LogP contribution is 2.09. The highest BCUT2D eigenvalue weighted by Gasteiger charge is 2.14. The van der Waals surface area contributed by atoms with Crippen LogP contribution in [0.4, 0.5) is 5.82 Å². The molecule has 0 radical (unpaired) electrons. The third-order valence-corrected chi connectivity index (χ3v) is 4.54. The Morgan fingerprint density at radius 2 is 1.96 bits per heavy atom. The number of carbonyl (C=O) groups is 2. The van der Waals surface area contributed by atoms with Crippen LogP contribution in [0.3, 0.4) is 0 Å². The Morgan fingerprint density at radius 3 is 2.59 bits per heavy atom. The molecule has 0 bridgehead atoms. The Balaban J connectivity index is 0.00000364. The van der Waals surface area contributed by atoms with E-state index in [1.165, 1.54) is 17.3 Å². The molecule has 0 spiro atoms. The third-order valence-electron chi connectivity index (χ3n) is 3.62. The van der Waals surface area contributed by atoms with Crippen LogP contribution >= 0.6 is 24.2 Å². The molecule has 0 aliphatic carbocycles. The van der Waals surface area contributed by atoms with Crippen LogP contribution in [0.1, 0.15) is 11.3 Å². The lowest BCUT2D eigenvalue weighted by atomic mass is 10.1. The van der Waals surface area contributed by atoms with Gasteiger partial charge >= 0.3 is 0 Å². The predicted molar refractivity (Wildman–Crippen MR) is 110 cm³/mol. The predicted octanol–water partition coefficient (Wildman–Crippen LogP) is 2.11. The Bertz CT molecular complexity index is 712. The van der Waals surface area contributed by atoms with Crippen molar-refractivity contribution in [2.45, 2.75) is 13.3 Å². The van der Waals surface area contributed by atoms with Crippen molar-refractivity contribution in [2.24, 2.45) is 5.73 Å². The number of rotatable bonds is 10. The van der Waals surface area contributed by atoms with Gasteiger partial charge in [0.05, 0.1) is 11.5 Å². The number of amides is 2. The van der Waals surface area contributed by atoms with Gasteiger partial charge in [-0.25, -0.2) is 0 Å². The summed E-state index contributed by atoms with van der Waals surface area (Å²) in [6.45, 7) is 3.29. The molecule has 2 rings (SSSR count). The fourth-order valence-electron chi connectivity index (χ4n) is 2.35. The van der Waals surface area contributed by atoms with Crippen LogP contribution in [-0.2, 0) is 16.0 Å². The van der Waals surface area contributed by atoms with Gasteiger partial charge in [-0.2, -0.15) is 0 Å². The third kappa shape index (κ3) is 8.47. The van der Waals surface area contributed by atoms with Crippen molar-refractivity contribution in [3.8, 4) is 0 Å². The molecule has 0 aliphatic heterocycles. The smallest absolute Gasteiger partial charge is 0.235 e. The monoisotopic (exact) mass is 412 g/mol. The molecule has 2 aromatic rings. The summed E-state index contributed by atoms with van der Waals surface area (Å²) in [4.78, 5) is 26.0. The molecule has 1 aromatic heterocycles. The van der Waals surface area contributed by atoms with Crippen molar-refractivity contribution in [3.63, 3.8) is 0 Å². The lowest BCUT2D eigenvalue weighted by Gasteiger charge is -2.22. The second-order valence-electron chi connectivity index (χ2n) is 5.77. The molecule has 0 aliphatic rings. The van der Waals surface area contributed by atoms with E-state index in [2.05, 4.69) is 10.5 Å². The molecule has 27 heavy (non-hydrogen) atoms. The fourth-order valence-corrected chi connectivity index (χ4v) is 3.07. The van der Waals surface area contributed by atoms with Crippen molar-refractivity contribution >= 4 is 41.8 Å². The minimum absolute atomic E-state index is 0. The number of aromatic nitrogens is 1. The van der Waals surface area contributed by atoms with Gasteiger partial charge in [0.15, 0.2) is 5.82 Å². The van der Waals surface area contributed by atoms with Gasteiger partial charge in [0.2, 0.25) is 11.8 Å². The standard InChI is InChI=1S/C18H24N4O3S.ClH/c1-14-11-16(21-25-14)20-17(23)12-26-13-18(24)22(10-8-19)9-7-15-5-3-2-4-6-15;/h2-6,11H,7-10,12-13,19H2,1H3,(H,20,21,23);1H. The Labute approximate surface area is 169 Å². The molecular formula is C18H25ClN4O3S. The molecular weight excluding hydrogens is 388 g/mol. The van der Waals surface area contributed by atoms with E-state index in [1.807, 2.05) is 30.3 Å². The average molecular weight is 413 g/mol. The first-order chi connectivity index (χ1) is 12.6. The van der Waals surface area contributed by atoms with Crippen LogP contribution in [0.25, 0.3) is 0 Å². The number of carbonyl (C=O) groups excluding carboxylic acids is 2. The zero-order valence-corrected chi connectivity index (χ0v) is 16.9. The number of nitrogens with zero attached hydrogens (tertiary/aromatic N) is 2. The van der Waals surface area contributed by atoms with Gasteiger partial charge in [-0.1, -0.05) is 35.5 Å². The number of halogens is 1. The van der Waals surface area contributed by atoms with E-state index in [-0.39, 0.29) is 35.7 Å². The van der Waals surface area contributed by atoms with Gasteiger partial charge in [0, 0.05) is 25.7 Å². The van der Waals surface area contributed by atoms with Gasteiger partial charge in [-0.3, -0.25) is 9.59 Å².